The van der Waals surface area contributed by atoms with Crippen molar-refractivity contribution in [3.8, 4) is 5.75 Å². The van der Waals surface area contributed by atoms with Crippen molar-refractivity contribution < 1.29 is 13.9 Å². The average molecular weight is 420 g/mol. The Morgan fingerprint density at radius 2 is 1.90 bits per heavy atom. The third-order valence-electron chi connectivity index (χ3n) is 5.09. The van der Waals surface area contributed by atoms with Crippen molar-refractivity contribution in [1.82, 2.24) is 15.1 Å². The summed E-state index contributed by atoms with van der Waals surface area (Å²) < 4.78 is 18.9. The number of rotatable bonds is 8. The molecule has 0 aliphatic carbocycles. The zero-order valence-corrected chi connectivity index (χ0v) is 17.4. The van der Waals surface area contributed by atoms with Crippen LogP contribution in [0.2, 0.25) is 5.02 Å². The van der Waals surface area contributed by atoms with Crippen LogP contribution < -0.4 is 10.1 Å². The fourth-order valence-corrected chi connectivity index (χ4v) is 3.73. The van der Waals surface area contributed by atoms with Crippen LogP contribution in [0.4, 0.5) is 4.39 Å². The minimum Gasteiger partial charge on any atom is -0.496 e. The molecular weight excluding hydrogens is 393 g/mol. The molecule has 1 saturated heterocycles. The van der Waals surface area contributed by atoms with Crippen LogP contribution in [0, 0.1) is 5.82 Å². The Kier molecular flexibility index (Phi) is 7.86. The molecule has 0 saturated carbocycles. The lowest BCUT2D eigenvalue weighted by atomic mass is 10.1. The van der Waals surface area contributed by atoms with Crippen LogP contribution in [0.3, 0.4) is 0 Å². The summed E-state index contributed by atoms with van der Waals surface area (Å²) in [5.41, 5.74) is 1.96. The van der Waals surface area contributed by atoms with Gasteiger partial charge in [-0.2, -0.15) is 0 Å². The van der Waals surface area contributed by atoms with Crippen LogP contribution in [0.1, 0.15) is 11.1 Å². The van der Waals surface area contributed by atoms with E-state index in [-0.39, 0.29) is 11.7 Å². The number of hydrogen-bond donors (Lipinski definition) is 1. The van der Waals surface area contributed by atoms with E-state index >= 15 is 0 Å². The van der Waals surface area contributed by atoms with Crippen molar-refractivity contribution in [3.63, 3.8) is 0 Å². The molecule has 29 heavy (non-hydrogen) atoms. The molecule has 1 fully saturated rings. The number of methoxy groups -OCH3 is 1. The molecule has 0 spiro atoms. The molecule has 7 heteroatoms. The second kappa shape index (κ2) is 10.6. The van der Waals surface area contributed by atoms with Gasteiger partial charge in [0.15, 0.2) is 0 Å². The number of nitrogens with one attached hydrogen (secondary N) is 1. The van der Waals surface area contributed by atoms with Gasteiger partial charge in [0.2, 0.25) is 5.91 Å². The van der Waals surface area contributed by atoms with E-state index in [1.165, 1.54) is 12.1 Å². The first kappa shape index (κ1) is 21.6. The predicted molar refractivity (Wildman–Crippen MR) is 113 cm³/mol. The number of benzene rings is 2. The van der Waals surface area contributed by atoms with E-state index in [9.17, 15) is 9.18 Å². The van der Waals surface area contributed by atoms with Crippen molar-refractivity contribution in [2.45, 2.75) is 13.0 Å². The van der Waals surface area contributed by atoms with E-state index in [4.69, 9.17) is 16.3 Å². The Labute approximate surface area is 176 Å². The maximum Gasteiger partial charge on any atom is 0.234 e. The van der Waals surface area contributed by atoms with Gasteiger partial charge in [-0.25, -0.2) is 4.39 Å². The molecule has 1 heterocycles. The van der Waals surface area contributed by atoms with E-state index in [1.54, 1.807) is 13.2 Å². The lowest BCUT2D eigenvalue weighted by molar-refractivity contribution is -0.122. The SMILES string of the molecule is COc1ccc(F)cc1CN1CCN(CC(=O)NCCc2cccc(Cl)c2)CC1. The van der Waals surface area contributed by atoms with Crippen molar-refractivity contribution >= 4 is 17.5 Å². The molecular formula is C22H27ClFN3O2. The normalized spacial score (nSPS) is 15.3. The van der Waals surface area contributed by atoms with Crippen molar-refractivity contribution in [1.29, 1.82) is 0 Å². The molecule has 1 N–H and O–H groups in total. The lowest BCUT2D eigenvalue weighted by Crippen LogP contribution is -2.49. The molecule has 156 valence electrons. The fraction of sp³-hybridized carbons (Fsp3) is 0.409. The number of nitrogens with zero attached hydrogens (tertiary/aromatic N) is 2. The van der Waals surface area contributed by atoms with E-state index in [2.05, 4.69) is 15.1 Å². The van der Waals surface area contributed by atoms with Crippen LogP contribution in [-0.2, 0) is 17.8 Å². The number of amides is 1. The molecule has 0 atom stereocenters. The molecule has 3 rings (SSSR count). The first-order valence-electron chi connectivity index (χ1n) is 9.82. The Morgan fingerprint density at radius 1 is 1.14 bits per heavy atom. The summed E-state index contributed by atoms with van der Waals surface area (Å²) in [6, 6.07) is 12.3. The number of halogens is 2. The Hall–Kier alpha value is -2.15. The molecule has 0 unspecified atom stereocenters. The van der Waals surface area contributed by atoms with Gasteiger partial charge in [0.05, 0.1) is 13.7 Å². The van der Waals surface area contributed by atoms with Crippen LogP contribution in [-0.4, -0.2) is 62.1 Å². The molecule has 2 aromatic rings. The number of piperazine rings is 1. The largest absolute Gasteiger partial charge is 0.496 e. The Balaban J connectivity index is 1.38. The topological polar surface area (TPSA) is 44.8 Å². The maximum atomic E-state index is 13.5. The summed E-state index contributed by atoms with van der Waals surface area (Å²) in [6.07, 6.45) is 0.759. The van der Waals surface area contributed by atoms with Gasteiger partial charge < -0.3 is 10.1 Å². The van der Waals surface area contributed by atoms with Crippen molar-refractivity contribution in [2.75, 3.05) is 46.4 Å². The summed E-state index contributed by atoms with van der Waals surface area (Å²) in [7, 11) is 1.60. The number of hydrogen-bond acceptors (Lipinski definition) is 4. The third-order valence-corrected chi connectivity index (χ3v) is 5.33. The summed E-state index contributed by atoms with van der Waals surface area (Å²) in [5, 5.41) is 3.69. The molecule has 1 amide bonds. The first-order valence-corrected chi connectivity index (χ1v) is 10.2. The lowest BCUT2D eigenvalue weighted by Gasteiger charge is -2.34. The van der Waals surface area contributed by atoms with Gasteiger partial charge in [0.25, 0.3) is 0 Å². The minimum absolute atomic E-state index is 0.0345. The van der Waals surface area contributed by atoms with E-state index in [0.29, 0.717) is 30.4 Å². The van der Waals surface area contributed by atoms with Crippen molar-refractivity contribution in [3.05, 3.63) is 64.4 Å². The quantitative estimate of drug-likeness (QED) is 0.714. The van der Waals surface area contributed by atoms with Gasteiger partial charge in [0.1, 0.15) is 11.6 Å². The number of ether oxygens (including phenoxy) is 1. The molecule has 0 radical (unpaired) electrons. The standard InChI is InChI=1S/C22H27ClFN3O2/c1-29-21-6-5-20(24)14-18(21)15-26-9-11-27(12-10-26)16-22(28)25-8-7-17-3-2-4-19(23)13-17/h2-6,13-14H,7-12,15-16H2,1H3,(H,25,28). The van der Waals surface area contributed by atoms with Crippen LogP contribution >= 0.6 is 11.6 Å². The minimum atomic E-state index is -0.256. The summed E-state index contributed by atoms with van der Waals surface area (Å²) >= 11 is 5.98. The van der Waals surface area contributed by atoms with Crippen LogP contribution in [0.5, 0.6) is 5.75 Å². The Bertz CT molecular complexity index is 825. The van der Waals surface area contributed by atoms with Gasteiger partial charge in [-0.05, 0) is 42.3 Å². The maximum absolute atomic E-state index is 13.5. The molecule has 2 aromatic carbocycles. The van der Waals surface area contributed by atoms with Gasteiger partial charge >= 0.3 is 0 Å². The monoisotopic (exact) mass is 419 g/mol. The van der Waals surface area contributed by atoms with E-state index < -0.39 is 0 Å². The molecule has 1 aliphatic heterocycles. The molecule has 5 nitrogen and oxygen atoms in total. The summed E-state index contributed by atoms with van der Waals surface area (Å²) in [4.78, 5) is 16.6. The fourth-order valence-electron chi connectivity index (χ4n) is 3.51. The number of carbonyl (C=O) groups excluding carboxylic acids is 1. The Morgan fingerprint density at radius 3 is 2.62 bits per heavy atom. The van der Waals surface area contributed by atoms with Crippen LogP contribution in [0.15, 0.2) is 42.5 Å². The molecule has 0 aromatic heterocycles. The first-order chi connectivity index (χ1) is 14.0. The van der Waals surface area contributed by atoms with Gasteiger partial charge in [-0.15, -0.1) is 0 Å². The summed E-state index contributed by atoms with van der Waals surface area (Å²) in [6.45, 7) is 4.90. The molecule has 1 aliphatic rings. The van der Waals surface area contributed by atoms with Gasteiger partial charge in [-0.3, -0.25) is 14.6 Å². The van der Waals surface area contributed by atoms with Gasteiger partial charge in [0, 0.05) is 49.9 Å². The third kappa shape index (κ3) is 6.70. The highest BCUT2D eigenvalue weighted by molar-refractivity contribution is 6.30. The second-order valence-corrected chi connectivity index (χ2v) is 7.67. The second-order valence-electron chi connectivity index (χ2n) is 7.24. The number of carbonyl (C=O) groups is 1. The predicted octanol–water partition coefficient (Wildman–Crippen LogP) is 2.96. The highest BCUT2D eigenvalue weighted by Crippen LogP contribution is 2.21. The zero-order chi connectivity index (χ0) is 20.6. The van der Waals surface area contributed by atoms with E-state index in [0.717, 1.165) is 43.7 Å². The highest BCUT2D eigenvalue weighted by Gasteiger charge is 2.20. The van der Waals surface area contributed by atoms with Gasteiger partial charge in [-0.1, -0.05) is 23.7 Å². The van der Waals surface area contributed by atoms with E-state index in [1.807, 2.05) is 24.3 Å². The average Bonchev–Trinajstić information content (AvgIpc) is 2.70. The van der Waals surface area contributed by atoms with Crippen molar-refractivity contribution in [2.24, 2.45) is 0 Å². The molecule has 0 bridgehead atoms. The van der Waals surface area contributed by atoms with Crippen LogP contribution in [0.25, 0.3) is 0 Å². The smallest absolute Gasteiger partial charge is 0.234 e. The summed E-state index contributed by atoms with van der Waals surface area (Å²) in [5.74, 6) is 0.481. The highest BCUT2D eigenvalue weighted by atomic mass is 35.5. The zero-order valence-electron chi connectivity index (χ0n) is 16.7.